The molecular weight excluding hydrogens is 214 g/mol. The average molecular weight is 229 g/mol. The Balaban J connectivity index is 2.34. The Labute approximate surface area is 101 Å². The highest BCUT2D eigenvalue weighted by Crippen LogP contribution is 2.37. The maximum Gasteiger partial charge on any atom is 0.134 e. The summed E-state index contributed by atoms with van der Waals surface area (Å²) in [6.45, 7) is 0. The number of ether oxygens (including phenoxy) is 1. The number of ketones is 1. The normalized spacial score (nSPS) is 24.1. The Morgan fingerprint density at radius 2 is 2.06 bits per heavy atom. The summed E-state index contributed by atoms with van der Waals surface area (Å²) in [5, 5.41) is 9.41. The highest BCUT2D eigenvalue weighted by molar-refractivity contribution is 5.81. The lowest BCUT2D eigenvalue weighted by Crippen LogP contribution is -2.31. The summed E-state index contributed by atoms with van der Waals surface area (Å²) in [5.74, 6) is 0.956. The summed E-state index contributed by atoms with van der Waals surface area (Å²) < 4.78 is 5.09. The van der Waals surface area contributed by atoms with Crippen molar-refractivity contribution in [3.63, 3.8) is 0 Å². The van der Waals surface area contributed by atoms with Crippen LogP contribution in [0.15, 0.2) is 24.3 Å². The van der Waals surface area contributed by atoms with Crippen molar-refractivity contribution in [3.05, 3.63) is 29.8 Å². The molecule has 3 heteroatoms. The fourth-order valence-electron chi connectivity index (χ4n) is 2.42. The smallest absolute Gasteiger partial charge is 0.134 e. The maximum atomic E-state index is 11.6. The van der Waals surface area contributed by atoms with Gasteiger partial charge in [-0.25, -0.2) is 0 Å². The number of hydrogen-bond acceptors (Lipinski definition) is 3. The van der Waals surface area contributed by atoms with Crippen molar-refractivity contribution in [1.29, 1.82) is 5.26 Å². The molecule has 0 saturated heterocycles. The second-order valence-electron chi connectivity index (χ2n) is 4.49. The fourth-order valence-corrected chi connectivity index (χ4v) is 2.42. The van der Waals surface area contributed by atoms with E-state index in [1.54, 1.807) is 7.11 Å². The minimum Gasteiger partial charge on any atom is -0.497 e. The molecule has 1 unspecified atom stereocenters. The second-order valence-corrected chi connectivity index (χ2v) is 4.49. The van der Waals surface area contributed by atoms with Gasteiger partial charge in [-0.05, 0) is 30.5 Å². The molecule has 1 aromatic rings. The Morgan fingerprint density at radius 3 is 2.59 bits per heavy atom. The average Bonchev–Trinajstić information content (AvgIpc) is 2.38. The van der Waals surface area contributed by atoms with Crippen LogP contribution in [0.5, 0.6) is 5.75 Å². The minimum atomic E-state index is -0.623. The van der Waals surface area contributed by atoms with Gasteiger partial charge in [0.15, 0.2) is 0 Å². The summed E-state index contributed by atoms with van der Waals surface area (Å²) in [6, 6.07) is 9.80. The van der Waals surface area contributed by atoms with Crippen molar-refractivity contribution in [2.45, 2.75) is 31.1 Å². The Bertz CT molecular complexity index is 458. The number of carbonyl (C=O) groups excluding carboxylic acids is 1. The highest BCUT2D eigenvalue weighted by Gasteiger charge is 2.37. The molecule has 17 heavy (non-hydrogen) atoms. The lowest BCUT2D eigenvalue weighted by Gasteiger charge is -2.30. The van der Waals surface area contributed by atoms with Crippen LogP contribution in [-0.4, -0.2) is 12.9 Å². The summed E-state index contributed by atoms with van der Waals surface area (Å²) in [6.07, 6.45) is 2.52. The minimum absolute atomic E-state index is 0.189. The van der Waals surface area contributed by atoms with Crippen LogP contribution in [0.2, 0.25) is 0 Å². The quantitative estimate of drug-likeness (QED) is 0.783. The van der Waals surface area contributed by atoms with Gasteiger partial charge in [-0.3, -0.25) is 4.79 Å². The number of hydrogen-bond donors (Lipinski definition) is 0. The van der Waals surface area contributed by atoms with E-state index in [4.69, 9.17) is 4.74 Å². The molecule has 1 aliphatic carbocycles. The van der Waals surface area contributed by atoms with Crippen LogP contribution in [0, 0.1) is 11.3 Å². The van der Waals surface area contributed by atoms with Crippen LogP contribution in [-0.2, 0) is 10.2 Å². The van der Waals surface area contributed by atoms with Crippen molar-refractivity contribution in [2.75, 3.05) is 7.11 Å². The van der Waals surface area contributed by atoms with E-state index in [-0.39, 0.29) is 5.78 Å². The van der Waals surface area contributed by atoms with Crippen molar-refractivity contribution < 1.29 is 9.53 Å². The van der Waals surface area contributed by atoms with Gasteiger partial charge in [0.25, 0.3) is 0 Å². The molecule has 0 bridgehead atoms. The lowest BCUT2D eigenvalue weighted by molar-refractivity contribution is -0.121. The molecule has 0 aromatic heterocycles. The molecule has 2 rings (SSSR count). The van der Waals surface area contributed by atoms with E-state index in [1.807, 2.05) is 24.3 Å². The van der Waals surface area contributed by atoms with Crippen molar-refractivity contribution >= 4 is 5.78 Å². The van der Waals surface area contributed by atoms with Gasteiger partial charge < -0.3 is 4.74 Å². The molecule has 1 aromatic carbocycles. The van der Waals surface area contributed by atoms with Gasteiger partial charge in [-0.1, -0.05) is 12.1 Å². The zero-order chi connectivity index (χ0) is 12.3. The van der Waals surface area contributed by atoms with Gasteiger partial charge in [0.1, 0.15) is 11.5 Å². The molecule has 88 valence electrons. The summed E-state index contributed by atoms with van der Waals surface area (Å²) in [4.78, 5) is 11.6. The van der Waals surface area contributed by atoms with E-state index in [1.165, 1.54) is 0 Å². The first-order valence-corrected chi connectivity index (χ1v) is 5.78. The topological polar surface area (TPSA) is 50.1 Å². The number of nitrogens with zero attached hydrogens (tertiary/aromatic N) is 1. The van der Waals surface area contributed by atoms with E-state index >= 15 is 0 Å². The monoisotopic (exact) mass is 229 g/mol. The molecule has 1 fully saturated rings. The molecule has 0 aliphatic heterocycles. The van der Waals surface area contributed by atoms with Crippen molar-refractivity contribution in [3.8, 4) is 11.8 Å². The molecule has 0 N–H and O–H groups in total. The van der Waals surface area contributed by atoms with E-state index in [2.05, 4.69) is 6.07 Å². The van der Waals surface area contributed by atoms with Crippen LogP contribution in [0.3, 0.4) is 0 Å². The maximum absolute atomic E-state index is 11.6. The van der Waals surface area contributed by atoms with Gasteiger partial charge >= 0.3 is 0 Å². The molecule has 1 aliphatic rings. The zero-order valence-corrected chi connectivity index (χ0v) is 9.90. The molecule has 1 atom stereocenters. The van der Waals surface area contributed by atoms with E-state index < -0.39 is 5.41 Å². The molecule has 0 radical (unpaired) electrons. The molecule has 0 spiro atoms. The van der Waals surface area contributed by atoms with Crippen LogP contribution in [0.1, 0.15) is 31.2 Å². The van der Waals surface area contributed by atoms with Crippen LogP contribution >= 0.6 is 0 Å². The van der Waals surface area contributed by atoms with Gasteiger partial charge in [0.2, 0.25) is 0 Å². The number of Topliss-reactive ketones (excluding diaryl/α,β-unsaturated/α-hetero) is 1. The molecule has 1 saturated carbocycles. The Hall–Kier alpha value is -1.82. The van der Waals surface area contributed by atoms with E-state index in [9.17, 15) is 10.1 Å². The van der Waals surface area contributed by atoms with Gasteiger partial charge in [0.05, 0.1) is 18.6 Å². The first kappa shape index (κ1) is 11.7. The predicted octanol–water partition coefficient (Wildman–Crippen LogP) is 2.60. The van der Waals surface area contributed by atoms with E-state index in [0.717, 1.165) is 24.2 Å². The van der Waals surface area contributed by atoms with Crippen LogP contribution < -0.4 is 4.74 Å². The lowest BCUT2D eigenvalue weighted by atomic mass is 9.70. The van der Waals surface area contributed by atoms with Crippen LogP contribution in [0.4, 0.5) is 0 Å². The largest absolute Gasteiger partial charge is 0.497 e. The van der Waals surface area contributed by atoms with Crippen molar-refractivity contribution in [2.24, 2.45) is 0 Å². The second kappa shape index (κ2) is 4.58. The number of rotatable bonds is 2. The van der Waals surface area contributed by atoms with Gasteiger partial charge in [0, 0.05) is 12.8 Å². The number of nitriles is 1. The molecule has 0 amide bonds. The van der Waals surface area contributed by atoms with Crippen LogP contribution in [0.25, 0.3) is 0 Å². The van der Waals surface area contributed by atoms with Gasteiger partial charge in [-0.15, -0.1) is 0 Å². The molecule has 3 nitrogen and oxygen atoms in total. The van der Waals surface area contributed by atoms with Crippen molar-refractivity contribution in [1.82, 2.24) is 0 Å². The number of carbonyl (C=O) groups is 1. The zero-order valence-electron chi connectivity index (χ0n) is 9.90. The number of methoxy groups -OCH3 is 1. The third-order valence-electron chi connectivity index (χ3n) is 3.41. The number of benzene rings is 1. The van der Waals surface area contributed by atoms with Gasteiger partial charge in [-0.2, -0.15) is 5.26 Å². The third-order valence-corrected chi connectivity index (χ3v) is 3.41. The standard InChI is InChI=1S/C14H15NO2/c1-17-13-6-4-11(5-7-13)14(10-15)8-2-3-12(16)9-14/h4-7H,2-3,8-9H2,1H3. The first-order chi connectivity index (χ1) is 8.20. The first-order valence-electron chi connectivity index (χ1n) is 5.78. The Kier molecular flexibility index (Phi) is 3.14. The SMILES string of the molecule is COc1ccc(C2(C#N)CCCC(=O)C2)cc1. The summed E-state index contributed by atoms with van der Waals surface area (Å²) in [7, 11) is 1.61. The highest BCUT2D eigenvalue weighted by atomic mass is 16.5. The summed E-state index contributed by atoms with van der Waals surface area (Å²) >= 11 is 0. The summed E-state index contributed by atoms with van der Waals surface area (Å²) in [5.41, 5.74) is 0.301. The Morgan fingerprint density at radius 1 is 1.35 bits per heavy atom. The third kappa shape index (κ3) is 2.16. The molecule has 0 heterocycles. The van der Waals surface area contributed by atoms with E-state index in [0.29, 0.717) is 12.8 Å². The fraction of sp³-hybridized carbons (Fsp3) is 0.429. The molecular formula is C14H15NO2. The predicted molar refractivity (Wildman–Crippen MR) is 63.8 cm³/mol.